The summed E-state index contributed by atoms with van der Waals surface area (Å²) in [6.07, 6.45) is 4.69. The Morgan fingerprint density at radius 2 is 1.76 bits per heavy atom. The first kappa shape index (κ1) is 23.4. The zero-order valence-electron chi connectivity index (χ0n) is 19.8. The number of hydrogen-bond acceptors (Lipinski definition) is 6. The van der Waals surface area contributed by atoms with Crippen molar-refractivity contribution in [2.45, 2.75) is 57.8 Å². The van der Waals surface area contributed by atoms with E-state index < -0.39 is 0 Å². The summed E-state index contributed by atoms with van der Waals surface area (Å²) in [7, 11) is 0. The molecule has 2 heterocycles. The Morgan fingerprint density at radius 3 is 2.38 bits per heavy atom. The van der Waals surface area contributed by atoms with Crippen molar-refractivity contribution in [1.82, 2.24) is 15.5 Å². The molecule has 0 radical (unpaired) electrons. The Kier molecular flexibility index (Phi) is 6.36. The molecule has 1 aromatic heterocycles. The molecule has 1 aliphatic heterocycles. The van der Waals surface area contributed by atoms with E-state index in [0.29, 0.717) is 28.2 Å². The highest BCUT2D eigenvalue weighted by Crippen LogP contribution is 2.35. The van der Waals surface area contributed by atoms with Crippen molar-refractivity contribution in [3.63, 3.8) is 0 Å². The van der Waals surface area contributed by atoms with Gasteiger partial charge in [-0.3, -0.25) is 4.79 Å². The van der Waals surface area contributed by atoms with Crippen molar-refractivity contribution in [1.29, 1.82) is 5.26 Å². The third-order valence-corrected chi connectivity index (χ3v) is 5.74. The van der Waals surface area contributed by atoms with E-state index in [1.54, 1.807) is 48.8 Å². The number of aromatic nitrogens is 2. The van der Waals surface area contributed by atoms with Gasteiger partial charge in [0.2, 0.25) is 0 Å². The number of hydrogen-bond donors (Lipinski definition) is 1. The van der Waals surface area contributed by atoms with Crippen molar-refractivity contribution < 1.29 is 14.3 Å². The van der Waals surface area contributed by atoms with Crippen LogP contribution in [0, 0.1) is 11.3 Å². The number of carbonyl (C=O) groups excluding carboxylic acids is 1. The molecule has 3 aromatic rings. The summed E-state index contributed by atoms with van der Waals surface area (Å²) in [6.45, 7) is 8.20. The molecule has 0 saturated carbocycles. The van der Waals surface area contributed by atoms with E-state index in [1.165, 1.54) is 0 Å². The van der Waals surface area contributed by atoms with Crippen LogP contribution in [0.25, 0.3) is 11.1 Å². The van der Waals surface area contributed by atoms with Gasteiger partial charge in [-0.1, -0.05) is 12.1 Å². The van der Waals surface area contributed by atoms with Gasteiger partial charge in [0.25, 0.3) is 5.91 Å². The molecule has 7 nitrogen and oxygen atoms in total. The molecule has 7 heteroatoms. The minimum atomic E-state index is -0.295. The maximum Gasteiger partial charge on any atom is 0.251 e. The van der Waals surface area contributed by atoms with Crippen molar-refractivity contribution >= 4 is 5.91 Å². The summed E-state index contributed by atoms with van der Waals surface area (Å²) in [5.74, 6) is 0.835. The number of nitrogens with one attached hydrogen (secondary N) is 1. The SMILES string of the molecule is CC1(C)CC(NC(=O)c2ccc(Oc3cccc(-c4ccnnc4)c3C#N)cc2)CC(C)(C)O1. The lowest BCUT2D eigenvalue weighted by Gasteiger charge is -2.45. The highest BCUT2D eigenvalue weighted by molar-refractivity contribution is 5.94. The minimum absolute atomic E-state index is 0.0331. The molecule has 0 spiro atoms. The summed E-state index contributed by atoms with van der Waals surface area (Å²) in [6, 6.07) is 16.4. The number of amides is 1. The Bertz CT molecular complexity index is 1200. The summed E-state index contributed by atoms with van der Waals surface area (Å²) < 4.78 is 12.1. The number of benzene rings is 2. The van der Waals surface area contributed by atoms with Crippen molar-refractivity contribution in [3.05, 3.63) is 72.1 Å². The third-order valence-electron chi connectivity index (χ3n) is 5.74. The maximum atomic E-state index is 12.9. The highest BCUT2D eigenvalue weighted by atomic mass is 16.5. The van der Waals surface area contributed by atoms with Crippen LogP contribution in [0.5, 0.6) is 11.5 Å². The Balaban J connectivity index is 1.48. The minimum Gasteiger partial charge on any atom is -0.456 e. The van der Waals surface area contributed by atoms with E-state index in [-0.39, 0.29) is 23.2 Å². The molecule has 1 N–H and O–H groups in total. The van der Waals surface area contributed by atoms with E-state index in [2.05, 4.69) is 49.3 Å². The standard InChI is InChI=1S/C27H28N4O3/c1-26(2)14-20(15-27(3,4)34-26)31-25(32)18-8-10-21(11-9-18)33-24-7-5-6-22(23(24)16-28)19-12-13-29-30-17-19/h5-13,17,20H,14-15H2,1-4H3,(H,31,32). The molecular formula is C27H28N4O3. The summed E-state index contributed by atoms with van der Waals surface area (Å²) in [5, 5.41) is 20.6. The lowest BCUT2D eigenvalue weighted by atomic mass is 9.85. The second-order valence-corrected chi connectivity index (χ2v) is 9.75. The van der Waals surface area contributed by atoms with E-state index in [1.807, 2.05) is 12.1 Å². The largest absolute Gasteiger partial charge is 0.456 e. The van der Waals surface area contributed by atoms with Crippen LogP contribution in [-0.2, 0) is 4.74 Å². The van der Waals surface area contributed by atoms with Gasteiger partial charge in [0, 0.05) is 22.7 Å². The normalized spacial score (nSPS) is 16.9. The van der Waals surface area contributed by atoms with Crippen molar-refractivity contribution in [2.75, 3.05) is 0 Å². The molecule has 34 heavy (non-hydrogen) atoms. The van der Waals surface area contributed by atoms with Gasteiger partial charge in [0.05, 0.1) is 23.6 Å². The maximum absolute atomic E-state index is 12.9. The zero-order valence-corrected chi connectivity index (χ0v) is 19.8. The third kappa shape index (κ3) is 5.41. The lowest BCUT2D eigenvalue weighted by molar-refractivity contribution is -0.162. The molecule has 0 unspecified atom stereocenters. The number of nitrogens with zero attached hydrogens (tertiary/aromatic N) is 3. The molecule has 1 saturated heterocycles. The molecule has 2 aromatic carbocycles. The molecule has 0 atom stereocenters. The predicted molar refractivity (Wildman–Crippen MR) is 128 cm³/mol. The number of rotatable bonds is 5. The van der Waals surface area contributed by atoms with Gasteiger partial charge in [0.15, 0.2) is 0 Å². The van der Waals surface area contributed by atoms with Gasteiger partial charge in [0.1, 0.15) is 23.1 Å². The first-order valence-electron chi connectivity index (χ1n) is 11.2. The molecule has 4 rings (SSSR count). The number of carbonyl (C=O) groups is 1. The monoisotopic (exact) mass is 456 g/mol. The van der Waals surface area contributed by atoms with Crippen molar-refractivity contribution in [3.8, 4) is 28.7 Å². The van der Waals surface area contributed by atoms with Crippen LogP contribution in [0.3, 0.4) is 0 Å². The van der Waals surface area contributed by atoms with Crippen LogP contribution in [0.15, 0.2) is 60.9 Å². The molecule has 1 fully saturated rings. The first-order valence-corrected chi connectivity index (χ1v) is 11.2. The Morgan fingerprint density at radius 1 is 1.06 bits per heavy atom. The molecule has 1 aliphatic rings. The van der Waals surface area contributed by atoms with Crippen molar-refractivity contribution in [2.24, 2.45) is 0 Å². The van der Waals surface area contributed by atoms with Gasteiger partial charge in [-0.25, -0.2) is 0 Å². The van der Waals surface area contributed by atoms with E-state index in [9.17, 15) is 10.1 Å². The average Bonchev–Trinajstić information content (AvgIpc) is 2.78. The first-order chi connectivity index (χ1) is 16.2. The van der Waals surface area contributed by atoms with Gasteiger partial charge >= 0.3 is 0 Å². The molecule has 1 amide bonds. The van der Waals surface area contributed by atoms with Crippen LogP contribution in [-0.4, -0.2) is 33.3 Å². The number of nitriles is 1. The highest BCUT2D eigenvalue weighted by Gasteiger charge is 2.39. The van der Waals surface area contributed by atoms with Gasteiger partial charge < -0.3 is 14.8 Å². The lowest BCUT2D eigenvalue weighted by Crippen LogP contribution is -2.52. The average molecular weight is 457 g/mol. The smallest absolute Gasteiger partial charge is 0.251 e. The summed E-state index contributed by atoms with van der Waals surface area (Å²) in [5.41, 5.74) is 1.86. The van der Waals surface area contributed by atoms with E-state index in [0.717, 1.165) is 18.4 Å². The molecule has 0 aliphatic carbocycles. The second kappa shape index (κ2) is 9.24. The van der Waals surface area contributed by atoms with E-state index in [4.69, 9.17) is 9.47 Å². The molecule has 0 bridgehead atoms. The Labute approximate surface area is 199 Å². The van der Waals surface area contributed by atoms with Crippen LogP contribution >= 0.6 is 0 Å². The quantitative estimate of drug-likeness (QED) is 0.561. The fourth-order valence-corrected chi connectivity index (χ4v) is 4.68. The van der Waals surface area contributed by atoms with Gasteiger partial charge in [-0.05, 0) is 76.9 Å². The summed E-state index contributed by atoms with van der Waals surface area (Å²) >= 11 is 0. The van der Waals surface area contributed by atoms with Gasteiger partial charge in [-0.15, -0.1) is 0 Å². The van der Waals surface area contributed by atoms with Crippen LogP contribution in [0.4, 0.5) is 0 Å². The molecular weight excluding hydrogens is 428 g/mol. The predicted octanol–water partition coefficient (Wildman–Crippen LogP) is 5.27. The topological polar surface area (TPSA) is 97.1 Å². The second-order valence-electron chi connectivity index (χ2n) is 9.75. The number of ether oxygens (including phenoxy) is 2. The zero-order chi connectivity index (χ0) is 24.3. The Hall–Kier alpha value is -3.76. The molecule has 174 valence electrons. The van der Waals surface area contributed by atoms with Crippen LogP contribution in [0.1, 0.15) is 56.5 Å². The van der Waals surface area contributed by atoms with Gasteiger partial charge in [-0.2, -0.15) is 15.5 Å². The van der Waals surface area contributed by atoms with Crippen LogP contribution < -0.4 is 10.1 Å². The van der Waals surface area contributed by atoms with Crippen LogP contribution in [0.2, 0.25) is 0 Å². The fourth-order valence-electron chi connectivity index (χ4n) is 4.68. The van der Waals surface area contributed by atoms with E-state index >= 15 is 0 Å². The fraction of sp³-hybridized carbons (Fsp3) is 0.333. The summed E-state index contributed by atoms with van der Waals surface area (Å²) in [4.78, 5) is 12.9.